The maximum Gasteiger partial charge on any atom is 0.341 e. The lowest BCUT2D eigenvalue weighted by Crippen LogP contribution is -2.35. The van der Waals surface area contributed by atoms with Gasteiger partial charge in [-0.05, 0) is 44.9 Å². The van der Waals surface area contributed by atoms with Gasteiger partial charge in [-0.1, -0.05) is 18.6 Å². The van der Waals surface area contributed by atoms with Crippen LogP contribution in [0.25, 0.3) is 0 Å². The van der Waals surface area contributed by atoms with Crippen LogP contribution in [0.3, 0.4) is 0 Å². The van der Waals surface area contributed by atoms with Crippen LogP contribution in [0.2, 0.25) is 0 Å². The fraction of sp³-hybridized carbons (Fsp3) is 0.562. The predicted molar refractivity (Wildman–Crippen MR) is 85.4 cm³/mol. The first-order valence-electron chi connectivity index (χ1n) is 7.43. The van der Waals surface area contributed by atoms with Gasteiger partial charge in [0.1, 0.15) is 11.3 Å². The minimum Gasteiger partial charge on any atom is -0.493 e. The number of carbonyl (C=O) groups is 1. The Morgan fingerprint density at radius 3 is 2.86 bits per heavy atom. The zero-order chi connectivity index (χ0) is 14.2. The fourth-order valence-corrected chi connectivity index (χ4v) is 2.45. The molecule has 0 saturated carbocycles. The Morgan fingerprint density at radius 2 is 2.14 bits per heavy atom. The van der Waals surface area contributed by atoms with Gasteiger partial charge in [0.05, 0.1) is 13.2 Å². The Morgan fingerprint density at radius 1 is 1.33 bits per heavy atom. The van der Waals surface area contributed by atoms with Crippen molar-refractivity contribution in [2.45, 2.75) is 38.6 Å². The molecule has 2 rings (SSSR count). The summed E-state index contributed by atoms with van der Waals surface area (Å²) in [7, 11) is 0. The van der Waals surface area contributed by atoms with E-state index in [-0.39, 0.29) is 18.4 Å². The van der Waals surface area contributed by atoms with Crippen LogP contribution >= 0.6 is 12.4 Å². The topological polar surface area (TPSA) is 47.6 Å². The van der Waals surface area contributed by atoms with E-state index in [1.807, 2.05) is 18.2 Å². The number of benzene rings is 1. The average molecular weight is 314 g/mol. The molecule has 21 heavy (non-hydrogen) atoms. The summed E-state index contributed by atoms with van der Waals surface area (Å²) >= 11 is 0. The largest absolute Gasteiger partial charge is 0.493 e. The Bertz CT molecular complexity index is 433. The number of hydrogen-bond donors (Lipinski definition) is 1. The van der Waals surface area contributed by atoms with Crippen molar-refractivity contribution in [2.75, 3.05) is 19.8 Å². The molecule has 1 fully saturated rings. The number of esters is 1. The Labute approximate surface area is 132 Å². The Kier molecular flexibility index (Phi) is 8.16. The van der Waals surface area contributed by atoms with Crippen molar-refractivity contribution in [1.29, 1.82) is 0 Å². The zero-order valence-electron chi connectivity index (χ0n) is 12.5. The highest BCUT2D eigenvalue weighted by Crippen LogP contribution is 2.20. The van der Waals surface area contributed by atoms with Crippen LogP contribution in [0.1, 0.15) is 43.0 Å². The molecule has 0 radical (unpaired) electrons. The molecule has 0 bridgehead atoms. The first-order valence-corrected chi connectivity index (χ1v) is 7.43. The van der Waals surface area contributed by atoms with E-state index in [4.69, 9.17) is 9.47 Å². The van der Waals surface area contributed by atoms with Gasteiger partial charge in [-0.3, -0.25) is 0 Å². The molecule has 118 valence electrons. The minimum atomic E-state index is -0.320. The van der Waals surface area contributed by atoms with Crippen LogP contribution in [-0.2, 0) is 4.74 Å². The lowest BCUT2D eigenvalue weighted by atomic mass is 10.0. The molecular formula is C16H24ClNO3. The van der Waals surface area contributed by atoms with Gasteiger partial charge in [0.15, 0.2) is 0 Å². The van der Waals surface area contributed by atoms with Crippen LogP contribution in [0.5, 0.6) is 5.75 Å². The second-order valence-corrected chi connectivity index (χ2v) is 5.00. The van der Waals surface area contributed by atoms with Crippen molar-refractivity contribution in [3.63, 3.8) is 0 Å². The standard InChI is InChI=1S/C16H23NO3.ClH/c1-2-19-16(18)14-8-3-4-9-15(14)20-12-10-13-7-5-6-11-17-13;/h3-4,8-9,13,17H,2,5-7,10-12H2,1H3;1H. The van der Waals surface area contributed by atoms with Crippen LogP contribution < -0.4 is 10.1 Å². The van der Waals surface area contributed by atoms with E-state index < -0.39 is 0 Å². The molecular weight excluding hydrogens is 290 g/mol. The van der Waals surface area contributed by atoms with E-state index >= 15 is 0 Å². The molecule has 0 amide bonds. The second kappa shape index (κ2) is 9.64. The maximum absolute atomic E-state index is 11.8. The molecule has 1 saturated heterocycles. The normalized spacial score (nSPS) is 17.7. The van der Waals surface area contributed by atoms with Crippen molar-refractivity contribution in [3.8, 4) is 5.75 Å². The lowest BCUT2D eigenvalue weighted by molar-refractivity contribution is 0.0521. The molecule has 0 aliphatic carbocycles. The van der Waals surface area contributed by atoms with Gasteiger partial charge in [0.2, 0.25) is 0 Å². The molecule has 1 unspecified atom stereocenters. The smallest absolute Gasteiger partial charge is 0.341 e. The van der Waals surface area contributed by atoms with Gasteiger partial charge in [0, 0.05) is 6.04 Å². The monoisotopic (exact) mass is 313 g/mol. The summed E-state index contributed by atoms with van der Waals surface area (Å²) in [5, 5.41) is 3.49. The molecule has 5 heteroatoms. The van der Waals surface area contributed by atoms with Gasteiger partial charge in [0.25, 0.3) is 0 Å². The van der Waals surface area contributed by atoms with Gasteiger partial charge in [-0.25, -0.2) is 4.79 Å². The summed E-state index contributed by atoms with van der Waals surface area (Å²) in [5.74, 6) is 0.292. The minimum absolute atomic E-state index is 0. The van der Waals surface area contributed by atoms with Crippen molar-refractivity contribution < 1.29 is 14.3 Å². The van der Waals surface area contributed by atoms with Crippen LogP contribution in [0.4, 0.5) is 0 Å². The SMILES string of the molecule is CCOC(=O)c1ccccc1OCCC1CCCCN1.Cl. The van der Waals surface area contributed by atoms with Gasteiger partial charge in [-0.2, -0.15) is 0 Å². The number of hydrogen-bond acceptors (Lipinski definition) is 4. The van der Waals surface area contributed by atoms with Gasteiger partial charge >= 0.3 is 5.97 Å². The van der Waals surface area contributed by atoms with Crippen molar-refractivity contribution in [3.05, 3.63) is 29.8 Å². The number of halogens is 1. The number of para-hydroxylation sites is 1. The van der Waals surface area contributed by atoms with Crippen LogP contribution in [-0.4, -0.2) is 31.8 Å². The molecule has 1 aliphatic rings. The number of carbonyl (C=O) groups excluding carboxylic acids is 1. The molecule has 4 nitrogen and oxygen atoms in total. The molecule has 1 atom stereocenters. The molecule has 0 spiro atoms. The first kappa shape index (κ1) is 17.8. The van der Waals surface area contributed by atoms with Crippen LogP contribution in [0.15, 0.2) is 24.3 Å². The summed E-state index contributed by atoms with van der Waals surface area (Å²) in [6.07, 6.45) is 4.74. The fourth-order valence-electron chi connectivity index (χ4n) is 2.45. The van der Waals surface area contributed by atoms with E-state index in [0.29, 0.717) is 30.6 Å². The third-order valence-corrected chi connectivity index (χ3v) is 3.52. The summed E-state index contributed by atoms with van der Waals surface area (Å²) in [4.78, 5) is 11.8. The number of piperidine rings is 1. The highest BCUT2D eigenvalue weighted by molar-refractivity contribution is 5.92. The highest BCUT2D eigenvalue weighted by atomic mass is 35.5. The number of nitrogens with one attached hydrogen (secondary N) is 1. The Balaban J connectivity index is 0.00000220. The molecule has 1 aliphatic heterocycles. The summed E-state index contributed by atoms with van der Waals surface area (Å²) in [5.41, 5.74) is 0.506. The highest BCUT2D eigenvalue weighted by Gasteiger charge is 2.15. The first-order chi connectivity index (χ1) is 9.81. The summed E-state index contributed by atoms with van der Waals surface area (Å²) in [6, 6.07) is 7.80. The predicted octanol–water partition coefficient (Wildman–Crippen LogP) is 3.20. The van der Waals surface area contributed by atoms with Crippen molar-refractivity contribution in [2.24, 2.45) is 0 Å². The van der Waals surface area contributed by atoms with Crippen molar-refractivity contribution in [1.82, 2.24) is 5.32 Å². The van der Waals surface area contributed by atoms with E-state index in [9.17, 15) is 4.79 Å². The average Bonchev–Trinajstić information content (AvgIpc) is 2.49. The van der Waals surface area contributed by atoms with Gasteiger partial charge in [-0.15, -0.1) is 12.4 Å². The third-order valence-electron chi connectivity index (χ3n) is 3.52. The van der Waals surface area contributed by atoms with E-state index in [0.717, 1.165) is 13.0 Å². The second-order valence-electron chi connectivity index (χ2n) is 5.00. The molecule has 1 aromatic carbocycles. The van der Waals surface area contributed by atoms with Crippen molar-refractivity contribution >= 4 is 18.4 Å². The Hall–Kier alpha value is -1.26. The van der Waals surface area contributed by atoms with E-state index in [2.05, 4.69) is 5.32 Å². The molecule has 0 aromatic heterocycles. The molecule has 1 aromatic rings. The molecule has 1 N–H and O–H groups in total. The summed E-state index contributed by atoms with van der Waals surface area (Å²) in [6.45, 7) is 3.90. The third kappa shape index (κ3) is 5.56. The molecule has 1 heterocycles. The summed E-state index contributed by atoms with van der Waals surface area (Å²) < 4.78 is 10.8. The van der Waals surface area contributed by atoms with Gasteiger partial charge < -0.3 is 14.8 Å². The number of ether oxygens (including phenoxy) is 2. The van der Waals surface area contributed by atoms with Crippen LogP contribution in [0, 0.1) is 0 Å². The quantitative estimate of drug-likeness (QED) is 0.819. The van der Waals surface area contributed by atoms with E-state index in [1.54, 1.807) is 13.0 Å². The lowest BCUT2D eigenvalue weighted by Gasteiger charge is -2.23. The number of rotatable bonds is 6. The maximum atomic E-state index is 11.8. The van der Waals surface area contributed by atoms with E-state index in [1.165, 1.54) is 19.3 Å². The zero-order valence-corrected chi connectivity index (χ0v) is 13.3.